The van der Waals surface area contributed by atoms with Gasteiger partial charge in [-0.3, -0.25) is 0 Å². The van der Waals surface area contributed by atoms with Gasteiger partial charge in [0.2, 0.25) is 0 Å². The first kappa shape index (κ1) is 36.8. The van der Waals surface area contributed by atoms with E-state index in [9.17, 15) is 0 Å². The third kappa shape index (κ3) is 15.1. The van der Waals surface area contributed by atoms with Crippen LogP contribution in [0.25, 0.3) is 24.3 Å². The highest BCUT2D eigenvalue weighted by molar-refractivity contribution is 5.74. The molecule has 0 saturated heterocycles. The number of unbranched alkanes of at least 4 members (excludes halogenated alkanes) is 8. The van der Waals surface area contributed by atoms with Gasteiger partial charge in [0.05, 0.1) is 26.4 Å². The standard InChI is InChI=1S/C42H58O4/c1-5-9-13-25-43-39-29-37(30-40(33-39)44-26-14-10-6-2)23-21-35-17-19-36(20-18-35)22-24-38-31-41(45-27-15-11-7-3)34-42(32-38)46-28-16-12-8-4/h17-24,29-34H,5-16,25-28H2,1-4H3/b23-21+,24-22+. The van der Waals surface area contributed by atoms with E-state index in [1.165, 1.54) is 51.4 Å². The van der Waals surface area contributed by atoms with Gasteiger partial charge in [-0.05, 0) is 72.2 Å². The molecule has 0 N–H and O–H groups in total. The minimum absolute atomic E-state index is 0.731. The van der Waals surface area contributed by atoms with Crippen molar-refractivity contribution in [1.82, 2.24) is 0 Å². The Morgan fingerprint density at radius 3 is 0.870 bits per heavy atom. The molecule has 0 atom stereocenters. The molecular weight excluding hydrogens is 568 g/mol. The van der Waals surface area contributed by atoms with Crippen LogP contribution in [-0.4, -0.2) is 26.4 Å². The molecule has 0 aliphatic rings. The Kier molecular flexibility index (Phi) is 18.2. The lowest BCUT2D eigenvalue weighted by molar-refractivity contribution is 0.291. The first-order valence-corrected chi connectivity index (χ1v) is 17.9. The van der Waals surface area contributed by atoms with Gasteiger partial charge in [-0.2, -0.15) is 0 Å². The summed E-state index contributed by atoms with van der Waals surface area (Å²) in [5.41, 5.74) is 4.43. The monoisotopic (exact) mass is 626 g/mol. The van der Waals surface area contributed by atoms with Gasteiger partial charge in [0.25, 0.3) is 0 Å². The van der Waals surface area contributed by atoms with Crippen LogP contribution < -0.4 is 18.9 Å². The van der Waals surface area contributed by atoms with Crippen LogP contribution in [0.5, 0.6) is 23.0 Å². The average molecular weight is 627 g/mol. The van der Waals surface area contributed by atoms with Crippen LogP contribution in [0.2, 0.25) is 0 Å². The molecule has 4 heteroatoms. The van der Waals surface area contributed by atoms with Gasteiger partial charge in [-0.15, -0.1) is 0 Å². The highest BCUT2D eigenvalue weighted by Gasteiger charge is 2.05. The quantitative estimate of drug-likeness (QED) is 0.0732. The molecule has 0 aliphatic carbocycles. The maximum atomic E-state index is 6.08. The Bertz CT molecular complexity index is 1130. The summed E-state index contributed by atoms with van der Waals surface area (Å²) in [6.07, 6.45) is 22.3. The average Bonchev–Trinajstić information content (AvgIpc) is 3.07. The zero-order valence-corrected chi connectivity index (χ0v) is 29.0. The van der Waals surface area contributed by atoms with E-state index in [2.05, 4.69) is 101 Å². The van der Waals surface area contributed by atoms with E-state index in [0.717, 1.165) is 97.4 Å². The van der Waals surface area contributed by atoms with Crippen molar-refractivity contribution >= 4 is 24.3 Å². The number of rotatable bonds is 24. The minimum atomic E-state index is 0.731. The molecular formula is C42H58O4. The predicted octanol–water partition coefficient (Wildman–Crippen LogP) is 12.3. The van der Waals surface area contributed by atoms with Crippen molar-refractivity contribution in [3.8, 4) is 23.0 Å². The summed E-state index contributed by atoms with van der Waals surface area (Å²) in [6, 6.07) is 21.0. The van der Waals surface area contributed by atoms with Crippen molar-refractivity contribution in [3.63, 3.8) is 0 Å². The van der Waals surface area contributed by atoms with Crippen LogP contribution in [-0.2, 0) is 0 Å². The molecule has 0 saturated carbocycles. The van der Waals surface area contributed by atoms with E-state index >= 15 is 0 Å². The van der Waals surface area contributed by atoms with E-state index in [-0.39, 0.29) is 0 Å². The number of ether oxygens (including phenoxy) is 4. The Labute approximate surface area is 279 Å². The second-order valence-corrected chi connectivity index (χ2v) is 12.0. The fourth-order valence-corrected chi connectivity index (χ4v) is 4.98. The number of hydrogen-bond donors (Lipinski definition) is 0. The van der Waals surface area contributed by atoms with Crippen molar-refractivity contribution in [2.75, 3.05) is 26.4 Å². The molecule has 3 aromatic carbocycles. The molecule has 4 nitrogen and oxygen atoms in total. The first-order chi connectivity index (χ1) is 22.6. The molecule has 0 amide bonds. The maximum Gasteiger partial charge on any atom is 0.123 e. The van der Waals surface area contributed by atoms with E-state index < -0.39 is 0 Å². The van der Waals surface area contributed by atoms with Crippen molar-refractivity contribution in [2.24, 2.45) is 0 Å². The van der Waals surface area contributed by atoms with Gasteiger partial charge in [0.15, 0.2) is 0 Å². The summed E-state index contributed by atoms with van der Waals surface area (Å²) in [5, 5.41) is 0. The van der Waals surface area contributed by atoms with Gasteiger partial charge in [-0.1, -0.05) is 128 Å². The maximum absolute atomic E-state index is 6.08. The lowest BCUT2D eigenvalue weighted by Gasteiger charge is -2.11. The second kappa shape index (κ2) is 22.8. The van der Waals surface area contributed by atoms with Gasteiger partial charge in [0.1, 0.15) is 23.0 Å². The minimum Gasteiger partial charge on any atom is -0.493 e. The molecule has 250 valence electrons. The predicted molar refractivity (Wildman–Crippen MR) is 197 cm³/mol. The van der Waals surface area contributed by atoms with E-state index in [1.807, 2.05) is 12.1 Å². The number of benzene rings is 3. The summed E-state index contributed by atoms with van der Waals surface area (Å²) in [6.45, 7) is 11.8. The van der Waals surface area contributed by atoms with Crippen molar-refractivity contribution in [1.29, 1.82) is 0 Å². The normalized spacial score (nSPS) is 11.4. The molecule has 0 unspecified atom stereocenters. The van der Waals surface area contributed by atoms with Gasteiger partial charge < -0.3 is 18.9 Å². The van der Waals surface area contributed by atoms with E-state index in [1.54, 1.807) is 0 Å². The fraction of sp³-hybridized carbons (Fsp3) is 0.476. The SMILES string of the molecule is CCCCCOc1cc(/C=C/c2ccc(/C=C/c3cc(OCCCCC)cc(OCCCCC)c3)cc2)cc(OCCCCC)c1. The molecule has 3 rings (SSSR count). The molecule has 0 heterocycles. The molecule has 0 radical (unpaired) electrons. The Balaban J connectivity index is 1.68. The lowest BCUT2D eigenvalue weighted by atomic mass is 10.1. The smallest absolute Gasteiger partial charge is 0.123 e. The second-order valence-electron chi connectivity index (χ2n) is 12.0. The molecule has 0 spiro atoms. The lowest BCUT2D eigenvalue weighted by Crippen LogP contribution is -2.00. The molecule has 0 fully saturated rings. The van der Waals surface area contributed by atoms with Crippen molar-refractivity contribution in [3.05, 3.63) is 82.9 Å². The molecule has 46 heavy (non-hydrogen) atoms. The molecule has 0 aliphatic heterocycles. The summed E-state index contributed by atoms with van der Waals surface area (Å²) in [4.78, 5) is 0. The van der Waals surface area contributed by atoms with Gasteiger partial charge in [0, 0.05) is 12.1 Å². The Hall–Kier alpha value is -3.66. The van der Waals surface area contributed by atoms with Crippen molar-refractivity contribution in [2.45, 2.75) is 105 Å². The zero-order chi connectivity index (χ0) is 32.7. The number of hydrogen-bond acceptors (Lipinski definition) is 4. The van der Waals surface area contributed by atoms with Crippen LogP contribution in [0.1, 0.15) is 127 Å². The molecule has 0 aromatic heterocycles. The van der Waals surface area contributed by atoms with E-state index in [4.69, 9.17) is 18.9 Å². The van der Waals surface area contributed by atoms with Crippen molar-refractivity contribution < 1.29 is 18.9 Å². The fourth-order valence-electron chi connectivity index (χ4n) is 4.98. The van der Waals surface area contributed by atoms with Crippen LogP contribution in [0.15, 0.2) is 60.7 Å². The molecule has 0 bridgehead atoms. The van der Waals surface area contributed by atoms with Gasteiger partial charge >= 0.3 is 0 Å². The topological polar surface area (TPSA) is 36.9 Å². The van der Waals surface area contributed by atoms with Crippen LogP contribution >= 0.6 is 0 Å². The summed E-state index contributed by atoms with van der Waals surface area (Å²) >= 11 is 0. The third-order valence-electron chi connectivity index (χ3n) is 7.74. The Morgan fingerprint density at radius 1 is 0.348 bits per heavy atom. The van der Waals surface area contributed by atoms with Crippen LogP contribution in [0, 0.1) is 0 Å². The first-order valence-electron chi connectivity index (χ1n) is 17.9. The highest BCUT2D eigenvalue weighted by Crippen LogP contribution is 2.27. The van der Waals surface area contributed by atoms with Crippen LogP contribution in [0.3, 0.4) is 0 Å². The summed E-state index contributed by atoms with van der Waals surface area (Å²) in [5.74, 6) is 3.48. The van der Waals surface area contributed by atoms with E-state index in [0.29, 0.717) is 0 Å². The zero-order valence-electron chi connectivity index (χ0n) is 29.0. The third-order valence-corrected chi connectivity index (χ3v) is 7.74. The Morgan fingerprint density at radius 2 is 0.609 bits per heavy atom. The largest absolute Gasteiger partial charge is 0.493 e. The highest BCUT2D eigenvalue weighted by atomic mass is 16.5. The summed E-state index contributed by atoms with van der Waals surface area (Å²) in [7, 11) is 0. The van der Waals surface area contributed by atoms with Crippen LogP contribution in [0.4, 0.5) is 0 Å². The molecule has 3 aromatic rings. The van der Waals surface area contributed by atoms with Gasteiger partial charge in [-0.25, -0.2) is 0 Å². The summed E-state index contributed by atoms with van der Waals surface area (Å²) < 4.78 is 24.3.